The summed E-state index contributed by atoms with van der Waals surface area (Å²) in [5, 5.41) is 3.20. The summed E-state index contributed by atoms with van der Waals surface area (Å²) in [6, 6.07) is 0. The van der Waals surface area contributed by atoms with Gasteiger partial charge in [0.05, 0.1) is 0 Å². The molecule has 5 heteroatoms. The van der Waals surface area contributed by atoms with E-state index >= 15 is 0 Å². The zero-order valence-electron chi connectivity index (χ0n) is 16.6. The van der Waals surface area contributed by atoms with Gasteiger partial charge in [0.25, 0.3) is 0 Å². The van der Waals surface area contributed by atoms with Gasteiger partial charge in [-0.25, -0.2) is 0 Å². The molecule has 0 aromatic rings. The van der Waals surface area contributed by atoms with Crippen molar-refractivity contribution in [3.8, 4) is 0 Å². The Balaban J connectivity index is 1.38. The average molecular weight is 373 g/mol. The largest absolute Gasteiger partial charge is 0.311 e. The smallest absolute Gasteiger partial charge is 0.140 e. The van der Waals surface area contributed by atoms with Crippen LogP contribution in [0.2, 0.25) is 0 Å². The van der Waals surface area contributed by atoms with Crippen LogP contribution < -0.4 is 10.8 Å². The first-order valence-corrected chi connectivity index (χ1v) is 10.8. The van der Waals surface area contributed by atoms with Gasteiger partial charge < -0.3 is 5.32 Å². The average Bonchev–Trinajstić information content (AvgIpc) is 2.90. The number of allylic oxidation sites excluding steroid dienone is 2. The van der Waals surface area contributed by atoms with Crippen molar-refractivity contribution in [3.63, 3.8) is 0 Å². The van der Waals surface area contributed by atoms with Crippen LogP contribution in [0.3, 0.4) is 0 Å². The third-order valence-corrected chi connectivity index (χ3v) is 8.89. The van der Waals surface area contributed by atoms with Crippen LogP contribution in [0, 0.1) is 34.5 Å². The van der Waals surface area contributed by atoms with Crippen LogP contribution in [0.5, 0.6) is 0 Å². The van der Waals surface area contributed by atoms with Crippen LogP contribution in [0.1, 0.15) is 58.8 Å². The van der Waals surface area contributed by atoms with Gasteiger partial charge in [-0.05, 0) is 55.3 Å². The Kier molecular flexibility index (Phi) is 4.07. The Labute approximate surface area is 161 Å². The van der Waals surface area contributed by atoms with Crippen molar-refractivity contribution in [2.45, 2.75) is 64.9 Å². The Morgan fingerprint density at radius 3 is 2.67 bits per heavy atom. The number of hydrogen-bond acceptors (Lipinski definition) is 5. The van der Waals surface area contributed by atoms with Gasteiger partial charge in [-0.15, -0.1) is 0 Å². The Hall–Kier alpha value is -1.20. The van der Waals surface area contributed by atoms with Crippen LogP contribution in [-0.2, 0) is 14.4 Å². The molecule has 148 valence electrons. The zero-order chi connectivity index (χ0) is 18.8. The second kappa shape index (κ2) is 6.15. The van der Waals surface area contributed by atoms with Crippen LogP contribution in [0.15, 0.2) is 11.8 Å². The highest BCUT2D eigenvalue weighted by molar-refractivity contribution is 5.88. The molecule has 1 unspecified atom stereocenters. The molecule has 3 saturated carbocycles. The quantitative estimate of drug-likeness (QED) is 0.746. The van der Waals surface area contributed by atoms with Crippen molar-refractivity contribution in [2.24, 2.45) is 34.5 Å². The molecule has 0 spiro atoms. The van der Waals surface area contributed by atoms with Crippen LogP contribution in [0.25, 0.3) is 0 Å². The first kappa shape index (κ1) is 17.9. The summed E-state index contributed by atoms with van der Waals surface area (Å²) in [5.74, 6) is 2.22. The van der Waals surface area contributed by atoms with Crippen LogP contribution >= 0.6 is 0 Å². The Morgan fingerprint density at radius 1 is 1.11 bits per heavy atom. The van der Waals surface area contributed by atoms with Gasteiger partial charge >= 0.3 is 0 Å². The van der Waals surface area contributed by atoms with E-state index in [4.69, 9.17) is 4.84 Å². The van der Waals surface area contributed by atoms with Gasteiger partial charge in [0.15, 0.2) is 0 Å². The molecule has 4 fully saturated rings. The van der Waals surface area contributed by atoms with Gasteiger partial charge in [0.1, 0.15) is 17.7 Å². The lowest BCUT2D eigenvalue weighted by molar-refractivity contribution is -0.149. The van der Waals surface area contributed by atoms with E-state index in [0.717, 1.165) is 57.3 Å². The topological polar surface area (TPSA) is 67.4 Å². The number of Topliss-reactive ketones (excluding diaryl/α,β-unsaturated/α-hetero) is 2. The molecule has 6 atom stereocenters. The first-order valence-electron chi connectivity index (χ1n) is 10.8. The zero-order valence-corrected chi connectivity index (χ0v) is 16.6. The van der Waals surface area contributed by atoms with Gasteiger partial charge in [-0.3, -0.25) is 19.9 Å². The molecule has 0 bridgehead atoms. The number of ketones is 2. The number of rotatable bonds is 3. The van der Waals surface area contributed by atoms with E-state index in [1.807, 2.05) is 0 Å². The molecule has 0 radical (unpaired) electrons. The molecule has 1 aliphatic heterocycles. The maximum absolute atomic E-state index is 13.2. The number of fused-ring (bicyclic) bond motifs is 5. The summed E-state index contributed by atoms with van der Waals surface area (Å²) in [6.45, 7) is 6.30. The van der Waals surface area contributed by atoms with E-state index in [1.54, 1.807) is 0 Å². The molecular weight excluding hydrogens is 340 g/mol. The molecule has 0 amide bonds. The molecule has 5 nitrogen and oxygen atoms in total. The SMILES string of the molecule is C[C@]12CCC(NOC3CNC3)=CC1C(=O)C[C@@H]1[C@@H]2CC[C@]2(C)C(=O)CC[C@@H]12. The highest BCUT2D eigenvalue weighted by atomic mass is 16.7. The lowest BCUT2D eigenvalue weighted by Crippen LogP contribution is -2.56. The summed E-state index contributed by atoms with van der Waals surface area (Å²) in [5.41, 5.74) is 4.09. The van der Waals surface area contributed by atoms with Crippen molar-refractivity contribution in [1.82, 2.24) is 10.8 Å². The van der Waals surface area contributed by atoms with E-state index in [1.165, 1.54) is 0 Å². The highest BCUT2D eigenvalue weighted by Gasteiger charge is 2.61. The number of hydroxylamine groups is 1. The van der Waals surface area contributed by atoms with Gasteiger partial charge in [-0.2, -0.15) is 0 Å². The van der Waals surface area contributed by atoms with E-state index < -0.39 is 0 Å². The second-order valence-electron chi connectivity index (χ2n) is 10.1. The lowest BCUT2D eigenvalue weighted by Gasteiger charge is -2.58. The van der Waals surface area contributed by atoms with Crippen molar-refractivity contribution < 1.29 is 14.4 Å². The first-order chi connectivity index (χ1) is 12.9. The molecular formula is C22H32N2O3. The summed E-state index contributed by atoms with van der Waals surface area (Å²) >= 11 is 0. The molecule has 27 heavy (non-hydrogen) atoms. The van der Waals surface area contributed by atoms with E-state index in [9.17, 15) is 9.59 Å². The number of nitrogens with one attached hydrogen (secondary N) is 2. The molecule has 4 aliphatic carbocycles. The number of carbonyl (C=O) groups excluding carboxylic acids is 2. The van der Waals surface area contributed by atoms with Crippen LogP contribution in [0.4, 0.5) is 0 Å². The lowest BCUT2D eigenvalue weighted by atomic mass is 9.46. The third-order valence-electron chi connectivity index (χ3n) is 8.89. The molecule has 1 heterocycles. The predicted octanol–water partition coefficient (Wildman–Crippen LogP) is 2.76. The summed E-state index contributed by atoms with van der Waals surface area (Å²) in [4.78, 5) is 31.5. The maximum atomic E-state index is 13.2. The molecule has 5 aliphatic rings. The summed E-state index contributed by atoms with van der Waals surface area (Å²) in [7, 11) is 0. The van der Waals surface area contributed by atoms with E-state index in [2.05, 4.69) is 30.7 Å². The Bertz CT molecular complexity index is 700. The predicted molar refractivity (Wildman–Crippen MR) is 101 cm³/mol. The summed E-state index contributed by atoms with van der Waals surface area (Å²) < 4.78 is 0. The Morgan fingerprint density at radius 2 is 1.93 bits per heavy atom. The number of carbonyl (C=O) groups is 2. The normalized spacial score (nSPS) is 46.8. The summed E-state index contributed by atoms with van der Waals surface area (Å²) in [6.07, 6.45) is 8.89. The van der Waals surface area contributed by atoms with Gasteiger partial charge in [-0.1, -0.05) is 19.9 Å². The fourth-order valence-electron chi connectivity index (χ4n) is 7.02. The standard InChI is InChI=1S/C22H32N2O3/c1-21-7-5-13(24-27-14-11-23-12-14)9-18(21)19(25)10-15-16-3-4-20(26)22(16,2)8-6-17(15)21/h9,14-18,23-24H,3-8,10-12H2,1-2H3/t15-,16-,17-,18?,21+,22-/m0/s1. The minimum atomic E-state index is -0.160. The highest BCUT2D eigenvalue weighted by Crippen LogP contribution is 2.64. The van der Waals surface area contributed by atoms with E-state index in [-0.39, 0.29) is 22.9 Å². The molecule has 0 aromatic carbocycles. The second-order valence-corrected chi connectivity index (χ2v) is 10.1. The molecule has 1 saturated heterocycles. The van der Waals surface area contributed by atoms with Crippen molar-refractivity contribution in [2.75, 3.05) is 13.1 Å². The third kappa shape index (κ3) is 2.57. The van der Waals surface area contributed by atoms with Crippen LogP contribution in [-0.4, -0.2) is 30.8 Å². The van der Waals surface area contributed by atoms with Crippen molar-refractivity contribution in [3.05, 3.63) is 11.8 Å². The van der Waals surface area contributed by atoms with Crippen molar-refractivity contribution in [1.29, 1.82) is 0 Å². The molecule has 2 N–H and O–H groups in total. The van der Waals surface area contributed by atoms with Gasteiger partial charge in [0, 0.05) is 43.0 Å². The molecule has 0 aromatic heterocycles. The van der Waals surface area contributed by atoms with Gasteiger partial charge in [0.2, 0.25) is 0 Å². The van der Waals surface area contributed by atoms with E-state index in [0.29, 0.717) is 35.7 Å². The fraction of sp³-hybridized carbons (Fsp3) is 0.818. The van der Waals surface area contributed by atoms with Crippen molar-refractivity contribution >= 4 is 11.6 Å². The fourth-order valence-corrected chi connectivity index (χ4v) is 7.02. The maximum Gasteiger partial charge on any atom is 0.140 e. The molecule has 5 rings (SSSR count). The number of hydrogen-bond donors (Lipinski definition) is 2. The monoisotopic (exact) mass is 372 g/mol. The minimum absolute atomic E-state index is 0.000392. The minimum Gasteiger partial charge on any atom is -0.311 e.